The number of halogens is 5. The van der Waals surface area contributed by atoms with Gasteiger partial charge in [0.2, 0.25) is 0 Å². The number of hydrogen-bond acceptors (Lipinski definition) is 5. The van der Waals surface area contributed by atoms with Crippen molar-refractivity contribution in [3.05, 3.63) is 75.5 Å². The summed E-state index contributed by atoms with van der Waals surface area (Å²) in [5, 5.41) is 2.91. The first-order valence-corrected chi connectivity index (χ1v) is 11.3. The Labute approximate surface area is 214 Å². The molecule has 1 aromatic heterocycles. The number of anilines is 1. The van der Waals surface area contributed by atoms with E-state index < -0.39 is 24.2 Å². The van der Waals surface area contributed by atoms with Crippen LogP contribution in [-0.2, 0) is 6.42 Å². The number of amides is 2. The van der Waals surface area contributed by atoms with Gasteiger partial charge in [-0.25, -0.2) is 9.78 Å². The van der Waals surface area contributed by atoms with Gasteiger partial charge < -0.3 is 24.4 Å². The molecule has 0 spiro atoms. The third-order valence-electron chi connectivity index (χ3n) is 5.55. The van der Waals surface area contributed by atoms with Gasteiger partial charge in [-0.1, -0.05) is 35.3 Å². The molecule has 1 aliphatic heterocycles. The minimum absolute atomic E-state index is 0.0871. The standard InChI is InChI=1S/C24H20Cl2F3N3O4/c1-34-17-8-13-6-7-32(23(33)30-15-10-19(25)31-20(26)11-15)22(21(13)18(12-17)35-2)14-4-3-5-16(9-14)36-24(27,28)29/h3-5,8-12,22H,6-7H2,1-2H3,(H,30,31,33). The number of methoxy groups -OCH3 is 2. The molecule has 2 amide bonds. The molecule has 0 aliphatic carbocycles. The van der Waals surface area contributed by atoms with Crippen LogP contribution < -0.4 is 19.5 Å². The van der Waals surface area contributed by atoms with E-state index in [9.17, 15) is 18.0 Å². The number of pyridine rings is 1. The third kappa shape index (κ3) is 5.71. The van der Waals surface area contributed by atoms with Crippen molar-refractivity contribution in [1.29, 1.82) is 0 Å². The molecule has 1 N–H and O–H groups in total. The molecule has 2 heterocycles. The number of benzene rings is 2. The second-order valence-corrected chi connectivity index (χ2v) is 8.57. The van der Waals surface area contributed by atoms with Crippen LogP contribution in [0.15, 0.2) is 48.5 Å². The zero-order valence-corrected chi connectivity index (χ0v) is 20.5. The Hall–Kier alpha value is -3.37. The van der Waals surface area contributed by atoms with Crippen LogP contribution in [-0.4, -0.2) is 43.0 Å². The number of rotatable bonds is 5. The number of carbonyl (C=O) groups excluding carboxylic acids is 1. The highest BCUT2D eigenvalue weighted by atomic mass is 35.5. The van der Waals surface area contributed by atoms with Crippen LogP contribution in [0, 0.1) is 0 Å². The molecule has 0 radical (unpaired) electrons. The predicted octanol–water partition coefficient (Wildman–Crippen LogP) is 6.48. The lowest BCUT2D eigenvalue weighted by Crippen LogP contribution is -2.43. The van der Waals surface area contributed by atoms with Crippen molar-refractivity contribution in [2.45, 2.75) is 18.8 Å². The minimum Gasteiger partial charge on any atom is -0.497 e. The first kappa shape index (κ1) is 25.7. The third-order valence-corrected chi connectivity index (χ3v) is 5.93. The number of nitrogens with one attached hydrogen (secondary N) is 1. The van der Waals surface area contributed by atoms with Gasteiger partial charge in [-0.15, -0.1) is 13.2 Å². The lowest BCUT2D eigenvalue weighted by molar-refractivity contribution is -0.274. The monoisotopic (exact) mass is 541 g/mol. The van der Waals surface area contributed by atoms with Crippen molar-refractivity contribution in [1.82, 2.24) is 9.88 Å². The van der Waals surface area contributed by atoms with Crippen LogP contribution in [0.5, 0.6) is 17.2 Å². The van der Waals surface area contributed by atoms with Crippen molar-refractivity contribution in [3.63, 3.8) is 0 Å². The first-order chi connectivity index (χ1) is 17.1. The molecule has 0 saturated heterocycles. The maximum absolute atomic E-state index is 13.5. The van der Waals surface area contributed by atoms with Crippen LogP contribution in [0.25, 0.3) is 0 Å². The minimum atomic E-state index is -4.87. The zero-order chi connectivity index (χ0) is 26.0. The van der Waals surface area contributed by atoms with E-state index in [0.717, 1.165) is 5.56 Å². The Morgan fingerprint density at radius 3 is 2.42 bits per heavy atom. The Morgan fingerprint density at radius 2 is 1.78 bits per heavy atom. The number of fused-ring (bicyclic) bond motifs is 1. The highest BCUT2D eigenvalue weighted by molar-refractivity contribution is 6.33. The van der Waals surface area contributed by atoms with Gasteiger partial charge >= 0.3 is 12.4 Å². The number of carbonyl (C=O) groups is 1. The van der Waals surface area contributed by atoms with E-state index in [-0.39, 0.29) is 16.9 Å². The molecule has 0 saturated carbocycles. The van der Waals surface area contributed by atoms with Crippen LogP contribution in [0.4, 0.5) is 23.7 Å². The first-order valence-electron chi connectivity index (χ1n) is 10.6. The summed E-state index contributed by atoms with van der Waals surface area (Å²) in [5.74, 6) is 0.564. The van der Waals surface area contributed by atoms with Gasteiger partial charge in [0.25, 0.3) is 0 Å². The number of alkyl halides is 3. The Morgan fingerprint density at radius 1 is 1.06 bits per heavy atom. The molecule has 36 heavy (non-hydrogen) atoms. The molecule has 0 fully saturated rings. The highest BCUT2D eigenvalue weighted by Crippen LogP contribution is 2.44. The molecule has 7 nitrogen and oxygen atoms in total. The molecule has 4 rings (SSSR count). The molecule has 2 aromatic carbocycles. The van der Waals surface area contributed by atoms with Crippen molar-refractivity contribution in [3.8, 4) is 17.2 Å². The van der Waals surface area contributed by atoms with Crippen LogP contribution >= 0.6 is 23.2 Å². The van der Waals surface area contributed by atoms with E-state index in [1.807, 2.05) is 6.07 Å². The van der Waals surface area contributed by atoms with Crippen molar-refractivity contribution >= 4 is 34.9 Å². The largest absolute Gasteiger partial charge is 0.573 e. The number of aromatic nitrogens is 1. The van der Waals surface area contributed by atoms with Gasteiger partial charge in [-0.2, -0.15) is 0 Å². The second-order valence-electron chi connectivity index (χ2n) is 7.80. The van der Waals surface area contributed by atoms with E-state index in [2.05, 4.69) is 15.0 Å². The Bertz CT molecular complexity index is 1250. The topological polar surface area (TPSA) is 72.9 Å². The Balaban J connectivity index is 1.80. The van der Waals surface area contributed by atoms with E-state index >= 15 is 0 Å². The highest BCUT2D eigenvalue weighted by Gasteiger charge is 2.36. The summed E-state index contributed by atoms with van der Waals surface area (Å²) in [5.41, 5.74) is 2.15. The van der Waals surface area contributed by atoms with Gasteiger partial charge in [0.15, 0.2) is 0 Å². The fourth-order valence-electron chi connectivity index (χ4n) is 4.17. The molecule has 1 unspecified atom stereocenters. The SMILES string of the molecule is COc1cc2c(c(OC)c1)C(c1cccc(OC(F)(F)F)c1)N(C(=O)Nc1cc(Cl)nc(Cl)c1)CC2. The Kier molecular flexibility index (Phi) is 7.37. The molecule has 190 valence electrons. The van der Waals surface area contributed by atoms with E-state index in [1.54, 1.807) is 12.1 Å². The van der Waals surface area contributed by atoms with Crippen LogP contribution in [0.1, 0.15) is 22.7 Å². The summed E-state index contributed by atoms with van der Waals surface area (Å²) < 4.78 is 53.8. The predicted molar refractivity (Wildman–Crippen MR) is 128 cm³/mol. The van der Waals surface area contributed by atoms with E-state index in [0.29, 0.717) is 34.7 Å². The lowest BCUT2D eigenvalue weighted by atomic mass is 9.87. The lowest BCUT2D eigenvalue weighted by Gasteiger charge is -2.38. The van der Waals surface area contributed by atoms with Crippen LogP contribution in [0.3, 0.4) is 0 Å². The number of ether oxygens (including phenoxy) is 3. The summed E-state index contributed by atoms with van der Waals surface area (Å²) >= 11 is 11.9. The van der Waals surface area contributed by atoms with Crippen molar-refractivity contribution in [2.75, 3.05) is 26.1 Å². The van der Waals surface area contributed by atoms with Crippen LogP contribution in [0.2, 0.25) is 10.3 Å². The number of nitrogens with zero attached hydrogens (tertiary/aromatic N) is 2. The maximum atomic E-state index is 13.5. The molecule has 12 heteroatoms. The number of hydrogen-bond donors (Lipinski definition) is 1. The van der Waals surface area contributed by atoms with Gasteiger partial charge in [-0.05, 0) is 47.9 Å². The van der Waals surface area contributed by atoms with E-state index in [4.69, 9.17) is 32.7 Å². The molecule has 3 aromatic rings. The zero-order valence-electron chi connectivity index (χ0n) is 19.0. The van der Waals surface area contributed by atoms with Gasteiger partial charge in [0, 0.05) is 23.9 Å². The molecular formula is C24H20Cl2F3N3O4. The fraction of sp³-hybridized carbons (Fsp3) is 0.250. The second kappa shape index (κ2) is 10.3. The average Bonchev–Trinajstić information content (AvgIpc) is 2.80. The molecule has 1 atom stereocenters. The number of urea groups is 1. The maximum Gasteiger partial charge on any atom is 0.573 e. The van der Waals surface area contributed by atoms with Gasteiger partial charge in [0.05, 0.1) is 20.3 Å². The quantitative estimate of drug-likeness (QED) is 0.374. The van der Waals surface area contributed by atoms with E-state index in [1.165, 1.54) is 49.5 Å². The summed E-state index contributed by atoms with van der Waals surface area (Å²) in [4.78, 5) is 18.8. The van der Waals surface area contributed by atoms with Crippen molar-refractivity contribution in [2.24, 2.45) is 0 Å². The smallest absolute Gasteiger partial charge is 0.497 e. The normalized spacial score (nSPS) is 15.2. The fourth-order valence-corrected chi connectivity index (χ4v) is 4.63. The summed E-state index contributed by atoms with van der Waals surface area (Å²) in [7, 11) is 2.99. The van der Waals surface area contributed by atoms with Crippen molar-refractivity contribution < 1.29 is 32.2 Å². The van der Waals surface area contributed by atoms with Gasteiger partial charge in [-0.3, -0.25) is 0 Å². The molecular weight excluding hydrogens is 522 g/mol. The summed E-state index contributed by atoms with van der Waals surface area (Å²) in [6.45, 7) is 0.247. The summed E-state index contributed by atoms with van der Waals surface area (Å²) in [6.07, 6.45) is -4.42. The summed E-state index contributed by atoms with van der Waals surface area (Å²) in [6, 6.07) is 10.5. The van der Waals surface area contributed by atoms with Gasteiger partial charge in [0.1, 0.15) is 27.6 Å². The molecule has 0 bridgehead atoms. The average molecular weight is 542 g/mol. The molecule has 1 aliphatic rings.